The summed E-state index contributed by atoms with van der Waals surface area (Å²) in [7, 11) is -2.28. The first kappa shape index (κ1) is 20.0. The predicted octanol–water partition coefficient (Wildman–Crippen LogP) is 3.72. The molecule has 3 heterocycles. The van der Waals surface area contributed by atoms with E-state index >= 15 is 0 Å². The van der Waals surface area contributed by atoms with Gasteiger partial charge in [-0.15, -0.1) is 0 Å². The van der Waals surface area contributed by atoms with Gasteiger partial charge in [0.05, 0.1) is 34.9 Å². The van der Waals surface area contributed by atoms with Crippen LogP contribution in [0.3, 0.4) is 0 Å². The molecule has 0 radical (unpaired) electrons. The summed E-state index contributed by atoms with van der Waals surface area (Å²) < 4.78 is 34.4. The smallest absolute Gasteiger partial charge is 0.269 e. The number of imidazole rings is 1. The third-order valence-corrected chi connectivity index (χ3v) is 7.02. The Morgan fingerprint density at radius 3 is 2.34 bits per heavy atom. The van der Waals surface area contributed by atoms with E-state index in [-0.39, 0.29) is 16.4 Å². The average molecular weight is 446 g/mol. The van der Waals surface area contributed by atoms with Crippen LogP contribution in [0, 0.1) is 6.92 Å². The van der Waals surface area contributed by atoms with Gasteiger partial charge >= 0.3 is 0 Å². The largest absolute Gasteiger partial charge is 0.497 e. The highest BCUT2D eigenvalue weighted by Crippen LogP contribution is 2.30. The lowest BCUT2D eigenvalue weighted by molar-refractivity contribution is 0.111. The number of rotatable bonds is 5. The van der Waals surface area contributed by atoms with Gasteiger partial charge in [0.2, 0.25) is 0 Å². The number of aryl methyl sites for hydroxylation is 1. The Hall–Kier alpha value is -3.98. The van der Waals surface area contributed by atoms with E-state index in [0.717, 1.165) is 15.1 Å². The number of methoxy groups -OCH3 is 1. The molecule has 9 heteroatoms. The lowest BCUT2D eigenvalue weighted by Gasteiger charge is -2.08. The number of aromatic nitrogens is 4. The van der Waals surface area contributed by atoms with Crippen molar-refractivity contribution in [1.29, 1.82) is 0 Å². The fourth-order valence-electron chi connectivity index (χ4n) is 3.70. The lowest BCUT2D eigenvalue weighted by Crippen LogP contribution is -2.12. The molecule has 0 aliphatic heterocycles. The highest BCUT2D eigenvalue weighted by atomic mass is 32.2. The van der Waals surface area contributed by atoms with Crippen LogP contribution in [0.25, 0.3) is 27.9 Å². The van der Waals surface area contributed by atoms with E-state index in [9.17, 15) is 13.2 Å². The van der Waals surface area contributed by atoms with Gasteiger partial charge in [0.1, 0.15) is 5.75 Å². The first-order chi connectivity index (χ1) is 15.4. The molecule has 0 spiro atoms. The van der Waals surface area contributed by atoms with Gasteiger partial charge in [0.25, 0.3) is 10.0 Å². The number of carbonyl (C=O) groups is 1. The molecule has 3 aromatic heterocycles. The molecular weight excluding hydrogens is 428 g/mol. The zero-order valence-electron chi connectivity index (χ0n) is 17.3. The second-order valence-corrected chi connectivity index (χ2v) is 9.10. The summed E-state index contributed by atoms with van der Waals surface area (Å²) in [5.41, 5.74) is 3.58. The van der Waals surface area contributed by atoms with Crippen LogP contribution in [0.5, 0.6) is 5.75 Å². The normalized spacial score (nSPS) is 11.8. The van der Waals surface area contributed by atoms with Crippen LogP contribution in [0.15, 0.2) is 71.9 Å². The molecule has 0 atom stereocenters. The zero-order valence-corrected chi connectivity index (χ0v) is 18.1. The van der Waals surface area contributed by atoms with Crippen LogP contribution in [0.4, 0.5) is 0 Å². The maximum absolute atomic E-state index is 13.2. The molecule has 0 saturated carbocycles. The molecule has 0 aliphatic rings. The van der Waals surface area contributed by atoms with E-state index in [1.54, 1.807) is 54.0 Å². The number of hydrogen-bond acceptors (Lipinski definition) is 6. The molecule has 0 bridgehead atoms. The molecule has 0 aliphatic carbocycles. The molecule has 5 aromatic rings. The van der Waals surface area contributed by atoms with Gasteiger partial charge in [-0.2, -0.15) is 0 Å². The molecule has 0 unspecified atom stereocenters. The highest BCUT2D eigenvalue weighted by Gasteiger charge is 2.23. The SMILES string of the molecule is COc1ccc(-c2nc(C=O)n3c2cnc2c3ccn2S(=O)(=O)c2ccc(C)cc2)cc1. The van der Waals surface area contributed by atoms with E-state index in [1.807, 2.05) is 19.1 Å². The Balaban J connectivity index is 1.73. The van der Waals surface area contributed by atoms with Crippen LogP contribution in [-0.4, -0.2) is 40.2 Å². The van der Waals surface area contributed by atoms with Crippen molar-refractivity contribution in [2.24, 2.45) is 0 Å². The summed E-state index contributed by atoms with van der Waals surface area (Å²) in [6, 6.07) is 15.5. The average Bonchev–Trinajstić information content (AvgIpc) is 3.41. The van der Waals surface area contributed by atoms with E-state index in [4.69, 9.17) is 4.74 Å². The minimum atomic E-state index is -3.86. The summed E-state index contributed by atoms with van der Waals surface area (Å²) in [6.45, 7) is 1.89. The van der Waals surface area contributed by atoms with Gasteiger partial charge in [0.15, 0.2) is 17.8 Å². The van der Waals surface area contributed by atoms with E-state index < -0.39 is 10.0 Å². The van der Waals surface area contributed by atoms with Crippen molar-refractivity contribution in [1.82, 2.24) is 18.3 Å². The first-order valence-corrected chi connectivity index (χ1v) is 11.2. The molecule has 0 saturated heterocycles. The fraction of sp³-hybridized carbons (Fsp3) is 0.0870. The molecule has 160 valence electrons. The molecule has 5 rings (SSSR count). The second-order valence-electron chi connectivity index (χ2n) is 7.28. The van der Waals surface area contributed by atoms with Crippen LogP contribution < -0.4 is 4.74 Å². The molecule has 8 nitrogen and oxygen atoms in total. The maximum Gasteiger partial charge on any atom is 0.269 e. The minimum Gasteiger partial charge on any atom is -0.497 e. The Labute approximate surface area is 183 Å². The van der Waals surface area contributed by atoms with Gasteiger partial charge < -0.3 is 4.74 Å². The monoisotopic (exact) mass is 446 g/mol. The number of aldehydes is 1. The molecule has 0 N–H and O–H groups in total. The Morgan fingerprint density at radius 2 is 1.69 bits per heavy atom. The summed E-state index contributed by atoms with van der Waals surface area (Å²) in [5.74, 6) is 0.857. The highest BCUT2D eigenvalue weighted by molar-refractivity contribution is 7.90. The van der Waals surface area contributed by atoms with Crippen molar-refractivity contribution in [2.45, 2.75) is 11.8 Å². The second kappa shape index (κ2) is 7.31. The number of carbonyl (C=O) groups excluding carboxylic acids is 1. The van der Waals surface area contributed by atoms with Crippen molar-refractivity contribution in [3.05, 3.63) is 78.4 Å². The third kappa shape index (κ3) is 2.97. The predicted molar refractivity (Wildman–Crippen MR) is 120 cm³/mol. The Bertz CT molecular complexity index is 1580. The number of ether oxygens (including phenoxy) is 1. The third-order valence-electron chi connectivity index (χ3n) is 5.34. The maximum atomic E-state index is 13.2. The first-order valence-electron chi connectivity index (χ1n) is 9.74. The molecule has 2 aromatic carbocycles. The van der Waals surface area contributed by atoms with E-state index in [1.165, 1.54) is 12.4 Å². The van der Waals surface area contributed by atoms with Crippen molar-refractivity contribution < 1.29 is 17.9 Å². The van der Waals surface area contributed by atoms with Crippen molar-refractivity contribution in [2.75, 3.05) is 7.11 Å². The number of nitrogens with zero attached hydrogens (tertiary/aromatic N) is 4. The molecule has 32 heavy (non-hydrogen) atoms. The van der Waals surface area contributed by atoms with Crippen molar-refractivity contribution in [3.63, 3.8) is 0 Å². The fourth-order valence-corrected chi connectivity index (χ4v) is 4.99. The van der Waals surface area contributed by atoms with Crippen LogP contribution >= 0.6 is 0 Å². The van der Waals surface area contributed by atoms with Crippen LogP contribution in [0.2, 0.25) is 0 Å². The summed E-state index contributed by atoms with van der Waals surface area (Å²) in [5, 5.41) is 0. The quantitative estimate of drug-likeness (QED) is 0.382. The Kier molecular flexibility index (Phi) is 4.56. The Morgan fingerprint density at radius 1 is 0.969 bits per heavy atom. The summed E-state index contributed by atoms with van der Waals surface area (Å²) in [6.07, 6.45) is 3.61. The van der Waals surface area contributed by atoms with Crippen LogP contribution in [-0.2, 0) is 10.0 Å². The van der Waals surface area contributed by atoms with Crippen molar-refractivity contribution in [3.8, 4) is 17.0 Å². The lowest BCUT2D eigenvalue weighted by atomic mass is 10.1. The topological polar surface area (TPSA) is 95.6 Å². The molecule has 0 amide bonds. The summed E-state index contributed by atoms with van der Waals surface area (Å²) >= 11 is 0. The van der Waals surface area contributed by atoms with Gasteiger partial charge in [0, 0.05) is 11.8 Å². The molecular formula is C23H18N4O4S. The van der Waals surface area contributed by atoms with E-state index in [2.05, 4.69) is 9.97 Å². The minimum absolute atomic E-state index is 0.155. The molecule has 0 fully saturated rings. The van der Waals surface area contributed by atoms with Gasteiger partial charge in [-0.25, -0.2) is 22.4 Å². The summed E-state index contributed by atoms with van der Waals surface area (Å²) in [4.78, 5) is 20.9. The zero-order chi connectivity index (χ0) is 22.5. The van der Waals surface area contributed by atoms with Crippen molar-refractivity contribution >= 4 is 33.0 Å². The van der Waals surface area contributed by atoms with Crippen LogP contribution in [0.1, 0.15) is 16.2 Å². The van der Waals surface area contributed by atoms with Gasteiger partial charge in [-0.3, -0.25) is 9.20 Å². The number of fused-ring (bicyclic) bond motifs is 3. The van der Waals surface area contributed by atoms with Gasteiger partial charge in [-0.1, -0.05) is 17.7 Å². The standard InChI is InChI=1S/C23H18N4O4S/c1-15-3-9-18(10-4-15)32(29,30)26-12-11-19-23(26)24-13-20-22(25-21(14-28)27(19)20)16-5-7-17(31-2)8-6-16/h3-14H,1-2H3. The number of benzene rings is 2. The van der Waals surface area contributed by atoms with E-state index in [0.29, 0.717) is 28.8 Å². The number of hydrogen-bond donors (Lipinski definition) is 0. The van der Waals surface area contributed by atoms with Gasteiger partial charge in [-0.05, 0) is 49.4 Å².